The Hall–Kier alpha value is -2.55. The Morgan fingerprint density at radius 2 is 1.75 bits per heavy atom. The average Bonchev–Trinajstić information content (AvgIpc) is 3.14. The molecule has 4 rings (SSSR count). The number of nitrogens with zero attached hydrogens (tertiary/aromatic N) is 2. The van der Waals surface area contributed by atoms with Gasteiger partial charge in [-0.05, 0) is 54.8 Å². The van der Waals surface area contributed by atoms with Gasteiger partial charge in [-0.2, -0.15) is 0 Å². The van der Waals surface area contributed by atoms with Gasteiger partial charge in [-0.15, -0.1) is 0 Å². The first kappa shape index (κ1) is 15.0. The summed E-state index contributed by atoms with van der Waals surface area (Å²) in [7, 11) is 0. The van der Waals surface area contributed by atoms with Crippen LogP contribution in [0.1, 0.15) is 24.2 Å². The standard InChI is InChI=1S/C21H22N2O/c1-16-12-20(23-10-4-5-11-23)14-19(22-16)15-24-21-9-8-17-6-2-3-7-18(17)13-21/h2-3,6-9,12-14H,4-5,10-11,15H2,1H3. The molecule has 1 fully saturated rings. The number of pyridine rings is 1. The van der Waals surface area contributed by atoms with Crippen LogP contribution < -0.4 is 9.64 Å². The third kappa shape index (κ3) is 3.21. The molecular weight excluding hydrogens is 296 g/mol. The van der Waals surface area contributed by atoms with Gasteiger partial charge < -0.3 is 9.64 Å². The molecular formula is C21H22N2O. The van der Waals surface area contributed by atoms with Crippen LogP contribution in [0.25, 0.3) is 10.8 Å². The normalized spacial score (nSPS) is 14.3. The molecule has 1 aromatic heterocycles. The molecule has 3 aromatic rings. The first-order valence-electron chi connectivity index (χ1n) is 8.62. The molecule has 0 saturated carbocycles. The quantitative estimate of drug-likeness (QED) is 0.696. The summed E-state index contributed by atoms with van der Waals surface area (Å²) in [6, 6.07) is 18.9. The molecule has 0 N–H and O–H groups in total. The molecule has 2 aromatic carbocycles. The van der Waals surface area contributed by atoms with E-state index in [1.54, 1.807) is 0 Å². The Labute approximate surface area is 142 Å². The molecule has 0 spiro atoms. The SMILES string of the molecule is Cc1cc(N2CCCC2)cc(COc2ccc3ccccc3c2)n1. The lowest BCUT2D eigenvalue weighted by Crippen LogP contribution is -2.18. The zero-order chi connectivity index (χ0) is 16.4. The summed E-state index contributed by atoms with van der Waals surface area (Å²) >= 11 is 0. The Balaban J connectivity index is 1.51. The second-order valence-electron chi connectivity index (χ2n) is 6.45. The average molecular weight is 318 g/mol. The van der Waals surface area contributed by atoms with Gasteiger partial charge in [-0.25, -0.2) is 0 Å². The number of hydrogen-bond acceptors (Lipinski definition) is 3. The molecule has 3 heteroatoms. The smallest absolute Gasteiger partial charge is 0.130 e. The number of aryl methyl sites for hydroxylation is 1. The Morgan fingerprint density at radius 3 is 2.58 bits per heavy atom. The van der Waals surface area contributed by atoms with E-state index < -0.39 is 0 Å². The highest BCUT2D eigenvalue weighted by Gasteiger charge is 2.13. The molecule has 1 saturated heterocycles. The molecule has 24 heavy (non-hydrogen) atoms. The molecule has 0 radical (unpaired) electrons. The van der Waals surface area contributed by atoms with Gasteiger partial charge in [-0.3, -0.25) is 4.98 Å². The molecule has 122 valence electrons. The molecule has 0 amide bonds. The van der Waals surface area contributed by atoms with Crippen molar-refractivity contribution in [2.24, 2.45) is 0 Å². The van der Waals surface area contributed by atoms with Gasteiger partial charge in [0.1, 0.15) is 12.4 Å². The monoisotopic (exact) mass is 318 g/mol. The van der Waals surface area contributed by atoms with E-state index in [4.69, 9.17) is 4.74 Å². The number of ether oxygens (including phenoxy) is 1. The van der Waals surface area contributed by atoms with Crippen molar-refractivity contribution >= 4 is 16.5 Å². The molecule has 0 aliphatic carbocycles. The van der Waals surface area contributed by atoms with Crippen LogP contribution >= 0.6 is 0 Å². The van der Waals surface area contributed by atoms with Crippen LogP contribution in [0.15, 0.2) is 54.6 Å². The van der Waals surface area contributed by atoms with Gasteiger partial charge in [0.25, 0.3) is 0 Å². The highest BCUT2D eigenvalue weighted by molar-refractivity contribution is 5.83. The number of anilines is 1. The fraction of sp³-hybridized carbons (Fsp3) is 0.286. The molecule has 1 aliphatic heterocycles. The van der Waals surface area contributed by atoms with E-state index in [-0.39, 0.29) is 0 Å². The number of hydrogen-bond donors (Lipinski definition) is 0. The van der Waals surface area contributed by atoms with Gasteiger partial charge in [0.15, 0.2) is 0 Å². The van der Waals surface area contributed by atoms with Crippen LogP contribution in [-0.2, 0) is 6.61 Å². The van der Waals surface area contributed by atoms with Crippen molar-refractivity contribution in [1.29, 1.82) is 0 Å². The van der Waals surface area contributed by atoms with E-state index in [0.29, 0.717) is 6.61 Å². The first-order chi connectivity index (χ1) is 11.8. The summed E-state index contributed by atoms with van der Waals surface area (Å²) in [5, 5.41) is 2.43. The maximum absolute atomic E-state index is 5.99. The van der Waals surface area contributed by atoms with Crippen LogP contribution in [0.5, 0.6) is 5.75 Å². The van der Waals surface area contributed by atoms with E-state index >= 15 is 0 Å². The highest BCUT2D eigenvalue weighted by Crippen LogP contribution is 2.24. The number of aromatic nitrogens is 1. The lowest BCUT2D eigenvalue weighted by molar-refractivity contribution is 0.301. The summed E-state index contributed by atoms with van der Waals surface area (Å²) in [6.07, 6.45) is 2.56. The van der Waals surface area contributed by atoms with Crippen molar-refractivity contribution in [3.63, 3.8) is 0 Å². The predicted octanol–water partition coefficient (Wildman–Crippen LogP) is 4.72. The molecule has 2 heterocycles. The zero-order valence-corrected chi connectivity index (χ0v) is 14.0. The van der Waals surface area contributed by atoms with Crippen LogP contribution in [0.2, 0.25) is 0 Å². The highest BCUT2D eigenvalue weighted by atomic mass is 16.5. The van der Waals surface area contributed by atoms with Crippen molar-refractivity contribution in [3.05, 3.63) is 66.0 Å². The Kier molecular flexibility index (Phi) is 4.08. The third-order valence-electron chi connectivity index (χ3n) is 4.57. The van der Waals surface area contributed by atoms with Crippen molar-refractivity contribution < 1.29 is 4.74 Å². The van der Waals surface area contributed by atoms with Gasteiger partial charge >= 0.3 is 0 Å². The third-order valence-corrected chi connectivity index (χ3v) is 4.57. The summed E-state index contributed by atoms with van der Waals surface area (Å²) < 4.78 is 5.99. The van der Waals surface area contributed by atoms with Crippen LogP contribution in [0, 0.1) is 6.92 Å². The minimum Gasteiger partial charge on any atom is -0.487 e. The van der Waals surface area contributed by atoms with E-state index in [1.165, 1.54) is 29.3 Å². The van der Waals surface area contributed by atoms with E-state index in [9.17, 15) is 0 Å². The molecule has 0 unspecified atom stereocenters. The van der Waals surface area contributed by atoms with Crippen molar-refractivity contribution in [2.75, 3.05) is 18.0 Å². The topological polar surface area (TPSA) is 25.4 Å². The van der Waals surface area contributed by atoms with E-state index in [2.05, 4.69) is 65.3 Å². The van der Waals surface area contributed by atoms with Gasteiger partial charge in [0.05, 0.1) is 5.69 Å². The van der Waals surface area contributed by atoms with E-state index in [0.717, 1.165) is 30.2 Å². The lowest BCUT2D eigenvalue weighted by Gasteiger charge is -2.19. The summed E-state index contributed by atoms with van der Waals surface area (Å²) in [5.41, 5.74) is 3.32. The largest absolute Gasteiger partial charge is 0.487 e. The zero-order valence-electron chi connectivity index (χ0n) is 14.0. The lowest BCUT2D eigenvalue weighted by atomic mass is 10.1. The fourth-order valence-corrected chi connectivity index (χ4v) is 3.36. The van der Waals surface area contributed by atoms with Gasteiger partial charge in [-0.1, -0.05) is 30.3 Å². The molecule has 0 atom stereocenters. The Morgan fingerprint density at radius 1 is 0.958 bits per heavy atom. The Bertz CT molecular complexity index is 853. The van der Waals surface area contributed by atoms with Crippen LogP contribution in [0.4, 0.5) is 5.69 Å². The van der Waals surface area contributed by atoms with Crippen molar-refractivity contribution in [1.82, 2.24) is 4.98 Å². The molecule has 0 bridgehead atoms. The minimum absolute atomic E-state index is 0.501. The number of fused-ring (bicyclic) bond motifs is 1. The molecule has 3 nitrogen and oxygen atoms in total. The second-order valence-corrected chi connectivity index (χ2v) is 6.45. The van der Waals surface area contributed by atoms with Gasteiger partial charge in [0, 0.05) is 24.5 Å². The number of rotatable bonds is 4. The van der Waals surface area contributed by atoms with Crippen LogP contribution in [0.3, 0.4) is 0 Å². The van der Waals surface area contributed by atoms with Gasteiger partial charge in [0.2, 0.25) is 0 Å². The maximum Gasteiger partial charge on any atom is 0.130 e. The second kappa shape index (κ2) is 6.52. The minimum atomic E-state index is 0.501. The summed E-state index contributed by atoms with van der Waals surface area (Å²) in [6.45, 7) is 4.85. The summed E-state index contributed by atoms with van der Waals surface area (Å²) in [4.78, 5) is 7.07. The molecule has 1 aliphatic rings. The van der Waals surface area contributed by atoms with Crippen molar-refractivity contribution in [3.8, 4) is 5.75 Å². The van der Waals surface area contributed by atoms with Crippen molar-refractivity contribution in [2.45, 2.75) is 26.4 Å². The van der Waals surface area contributed by atoms with Crippen LogP contribution in [-0.4, -0.2) is 18.1 Å². The predicted molar refractivity (Wildman–Crippen MR) is 98.7 cm³/mol. The summed E-state index contributed by atoms with van der Waals surface area (Å²) in [5.74, 6) is 0.889. The number of benzene rings is 2. The fourth-order valence-electron chi connectivity index (χ4n) is 3.36. The van der Waals surface area contributed by atoms with E-state index in [1.807, 2.05) is 6.07 Å². The first-order valence-corrected chi connectivity index (χ1v) is 8.62. The maximum atomic E-state index is 5.99.